The highest BCUT2D eigenvalue weighted by Gasteiger charge is 2.09. The van der Waals surface area contributed by atoms with Crippen molar-refractivity contribution in [3.63, 3.8) is 0 Å². The van der Waals surface area contributed by atoms with Crippen molar-refractivity contribution >= 4 is 15.9 Å². The molecule has 0 spiro atoms. The van der Waals surface area contributed by atoms with Crippen LogP contribution in [0.1, 0.15) is 18.1 Å². The fourth-order valence-corrected chi connectivity index (χ4v) is 2.80. The van der Waals surface area contributed by atoms with Crippen LogP contribution in [-0.4, -0.2) is 12.6 Å². The molecule has 19 heavy (non-hydrogen) atoms. The Kier molecular flexibility index (Phi) is 5.62. The van der Waals surface area contributed by atoms with Gasteiger partial charge in [-0.1, -0.05) is 65.3 Å². The minimum absolute atomic E-state index is 0.488. The van der Waals surface area contributed by atoms with E-state index in [1.165, 1.54) is 11.1 Å². The summed E-state index contributed by atoms with van der Waals surface area (Å²) in [4.78, 5) is 0. The van der Waals surface area contributed by atoms with Crippen molar-refractivity contribution in [2.75, 3.05) is 6.54 Å². The van der Waals surface area contributed by atoms with E-state index in [0.29, 0.717) is 6.04 Å². The van der Waals surface area contributed by atoms with Gasteiger partial charge in [-0.15, -0.1) is 0 Å². The Morgan fingerprint density at radius 2 is 1.63 bits per heavy atom. The van der Waals surface area contributed by atoms with Gasteiger partial charge < -0.3 is 5.32 Å². The lowest BCUT2D eigenvalue weighted by molar-refractivity contribution is 0.521. The van der Waals surface area contributed by atoms with E-state index in [-0.39, 0.29) is 0 Å². The van der Waals surface area contributed by atoms with E-state index in [0.717, 1.165) is 23.9 Å². The normalized spacial score (nSPS) is 12.3. The first-order valence-electron chi connectivity index (χ1n) is 6.79. The number of benzene rings is 2. The Bertz CT molecular complexity index is 496. The minimum Gasteiger partial charge on any atom is -0.314 e. The molecule has 2 aromatic rings. The van der Waals surface area contributed by atoms with Crippen LogP contribution in [0.4, 0.5) is 0 Å². The molecule has 0 aliphatic carbocycles. The lowest BCUT2D eigenvalue weighted by Crippen LogP contribution is -2.33. The molecule has 1 nitrogen and oxygen atoms in total. The van der Waals surface area contributed by atoms with E-state index in [1.54, 1.807) is 0 Å². The third kappa shape index (κ3) is 4.81. The van der Waals surface area contributed by atoms with E-state index < -0.39 is 0 Å². The van der Waals surface area contributed by atoms with Gasteiger partial charge in [0.2, 0.25) is 0 Å². The number of halogens is 1. The van der Waals surface area contributed by atoms with E-state index in [1.807, 2.05) is 0 Å². The first-order chi connectivity index (χ1) is 9.28. The summed E-state index contributed by atoms with van der Waals surface area (Å²) in [5.41, 5.74) is 2.76. The number of hydrogen-bond donors (Lipinski definition) is 1. The lowest BCUT2D eigenvalue weighted by Gasteiger charge is -2.18. The molecular formula is C17H20BrN. The van der Waals surface area contributed by atoms with Gasteiger partial charge in [-0.05, 0) is 42.6 Å². The highest BCUT2D eigenvalue weighted by Crippen LogP contribution is 2.14. The highest BCUT2D eigenvalue weighted by atomic mass is 79.9. The van der Waals surface area contributed by atoms with E-state index in [9.17, 15) is 0 Å². The van der Waals surface area contributed by atoms with E-state index in [4.69, 9.17) is 0 Å². The van der Waals surface area contributed by atoms with Gasteiger partial charge in [0, 0.05) is 10.5 Å². The van der Waals surface area contributed by atoms with Crippen molar-refractivity contribution in [3.05, 3.63) is 70.2 Å². The Labute approximate surface area is 124 Å². The van der Waals surface area contributed by atoms with E-state index >= 15 is 0 Å². The molecular weight excluding hydrogens is 298 g/mol. The number of nitrogens with one attached hydrogen (secondary N) is 1. The van der Waals surface area contributed by atoms with Crippen LogP contribution >= 0.6 is 15.9 Å². The molecule has 1 unspecified atom stereocenters. The monoisotopic (exact) mass is 317 g/mol. The molecule has 0 aromatic heterocycles. The fourth-order valence-electron chi connectivity index (χ4n) is 2.35. The Hall–Kier alpha value is -1.12. The van der Waals surface area contributed by atoms with E-state index in [2.05, 4.69) is 82.8 Å². The average Bonchev–Trinajstić information content (AvgIpc) is 2.40. The molecule has 0 aliphatic rings. The van der Waals surface area contributed by atoms with Gasteiger partial charge in [-0.2, -0.15) is 0 Å². The van der Waals surface area contributed by atoms with Gasteiger partial charge in [0.25, 0.3) is 0 Å². The predicted molar refractivity (Wildman–Crippen MR) is 85.5 cm³/mol. The second kappa shape index (κ2) is 7.46. The van der Waals surface area contributed by atoms with Crippen molar-refractivity contribution in [2.24, 2.45) is 0 Å². The maximum Gasteiger partial charge on any atom is 0.0178 e. The van der Waals surface area contributed by atoms with Gasteiger partial charge in [0.05, 0.1) is 0 Å². The van der Waals surface area contributed by atoms with Crippen LogP contribution in [0.2, 0.25) is 0 Å². The maximum absolute atomic E-state index is 3.58. The van der Waals surface area contributed by atoms with Crippen molar-refractivity contribution in [1.82, 2.24) is 5.32 Å². The van der Waals surface area contributed by atoms with Gasteiger partial charge in [0.15, 0.2) is 0 Å². The van der Waals surface area contributed by atoms with Crippen molar-refractivity contribution in [3.8, 4) is 0 Å². The third-order valence-corrected chi connectivity index (χ3v) is 3.68. The van der Waals surface area contributed by atoms with Crippen LogP contribution in [0.25, 0.3) is 0 Å². The molecule has 0 fully saturated rings. The number of likely N-dealkylation sites (N-methyl/N-ethyl adjacent to an activating group) is 1. The smallest absolute Gasteiger partial charge is 0.0178 e. The average molecular weight is 318 g/mol. The summed E-state index contributed by atoms with van der Waals surface area (Å²) in [6, 6.07) is 19.7. The molecule has 2 heteroatoms. The van der Waals surface area contributed by atoms with Crippen LogP contribution in [-0.2, 0) is 12.8 Å². The second-order valence-corrected chi connectivity index (χ2v) is 5.69. The van der Waals surface area contributed by atoms with Crippen LogP contribution < -0.4 is 5.32 Å². The fraction of sp³-hybridized carbons (Fsp3) is 0.294. The summed E-state index contributed by atoms with van der Waals surface area (Å²) < 4.78 is 1.15. The van der Waals surface area contributed by atoms with Crippen molar-refractivity contribution < 1.29 is 0 Å². The summed E-state index contributed by atoms with van der Waals surface area (Å²) in [5, 5.41) is 3.58. The molecule has 0 aliphatic heterocycles. The molecule has 0 heterocycles. The summed E-state index contributed by atoms with van der Waals surface area (Å²) >= 11 is 3.54. The maximum atomic E-state index is 3.58. The molecule has 0 radical (unpaired) electrons. The third-order valence-electron chi connectivity index (χ3n) is 3.19. The molecule has 0 bridgehead atoms. The lowest BCUT2D eigenvalue weighted by atomic mass is 9.99. The van der Waals surface area contributed by atoms with Gasteiger partial charge in [0.1, 0.15) is 0 Å². The summed E-state index contributed by atoms with van der Waals surface area (Å²) in [7, 11) is 0. The standard InChI is InChI=1S/C17H20BrN/c1-2-19-17(12-14-7-4-3-5-8-14)13-15-9-6-10-16(18)11-15/h3-11,17,19H,2,12-13H2,1H3. The van der Waals surface area contributed by atoms with Gasteiger partial charge >= 0.3 is 0 Å². The van der Waals surface area contributed by atoms with Crippen molar-refractivity contribution in [2.45, 2.75) is 25.8 Å². The zero-order valence-corrected chi connectivity index (χ0v) is 12.9. The first kappa shape index (κ1) is 14.3. The van der Waals surface area contributed by atoms with Crippen LogP contribution in [0.5, 0.6) is 0 Å². The molecule has 0 saturated carbocycles. The van der Waals surface area contributed by atoms with Gasteiger partial charge in [-0.25, -0.2) is 0 Å². The van der Waals surface area contributed by atoms with Crippen LogP contribution in [0.15, 0.2) is 59.1 Å². The molecule has 0 saturated heterocycles. The highest BCUT2D eigenvalue weighted by molar-refractivity contribution is 9.10. The largest absolute Gasteiger partial charge is 0.314 e. The SMILES string of the molecule is CCNC(Cc1ccccc1)Cc1cccc(Br)c1. The predicted octanol–water partition coefficient (Wildman–Crippen LogP) is 4.21. The van der Waals surface area contributed by atoms with Crippen LogP contribution in [0, 0.1) is 0 Å². The zero-order valence-electron chi connectivity index (χ0n) is 11.3. The van der Waals surface area contributed by atoms with Gasteiger partial charge in [-0.3, -0.25) is 0 Å². The molecule has 2 aromatic carbocycles. The minimum atomic E-state index is 0.488. The Morgan fingerprint density at radius 3 is 2.32 bits per heavy atom. The summed E-state index contributed by atoms with van der Waals surface area (Å²) in [6.45, 7) is 3.17. The molecule has 1 atom stereocenters. The number of hydrogen-bond acceptors (Lipinski definition) is 1. The Morgan fingerprint density at radius 1 is 0.947 bits per heavy atom. The molecule has 2 rings (SSSR count). The second-order valence-electron chi connectivity index (χ2n) is 4.78. The topological polar surface area (TPSA) is 12.0 Å². The van der Waals surface area contributed by atoms with Crippen LogP contribution in [0.3, 0.4) is 0 Å². The summed E-state index contributed by atoms with van der Waals surface area (Å²) in [5.74, 6) is 0. The molecule has 0 amide bonds. The molecule has 1 N–H and O–H groups in total. The number of rotatable bonds is 6. The zero-order chi connectivity index (χ0) is 13.5. The quantitative estimate of drug-likeness (QED) is 0.841. The Balaban J connectivity index is 2.04. The van der Waals surface area contributed by atoms with Crippen molar-refractivity contribution in [1.29, 1.82) is 0 Å². The first-order valence-corrected chi connectivity index (χ1v) is 7.59. The molecule has 100 valence electrons. The summed E-state index contributed by atoms with van der Waals surface area (Å²) in [6.07, 6.45) is 2.13.